The minimum absolute atomic E-state index is 0.768. The van der Waals surface area contributed by atoms with Crippen molar-refractivity contribution in [2.45, 2.75) is 19.9 Å². The highest BCUT2D eigenvalue weighted by molar-refractivity contribution is 6.30. The second-order valence-corrected chi connectivity index (χ2v) is 5.38. The molecule has 2 N–H and O–H groups in total. The molecule has 98 valence electrons. The minimum atomic E-state index is 0.768. The van der Waals surface area contributed by atoms with Crippen LogP contribution in [-0.2, 0) is 13.0 Å². The number of hydrogen-bond donors (Lipinski definition) is 2. The van der Waals surface area contributed by atoms with E-state index < -0.39 is 0 Å². The molecule has 0 saturated heterocycles. The predicted molar refractivity (Wildman–Crippen MR) is 82.2 cm³/mol. The van der Waals surface area contributed by atoms with Crippen molar-refractivity contribution in [1.82, 2.24) is 0 Å². The summed E-state index contributed by atoms with van der Waals surface area (Å²) in [5.74, 6) is 0. The number of para-hydroxylation sites is 1. The van der Waals surface area contributed by atoms with E-state index in [1.165, 1.54) is 22.4 Å². The quantitative estimate of drug-likeness (QED) is 0.874. The molecule has 1 aliphatic rings. The zero-order valence-corrected chi connectivity index (χ0v) is 11.7. The number of benzene rings is 2. The summed E-state index contributed by atoms with van der Waals surface area (Å²) in [4.78, 5) is 0. The normalized spacial score (nSPS) is 12.9. The van der Waals surface area contributed by atoms with Gasteiger partial charge in [-0.2, -0.15) is 0 Å². The molecule has 3 heteroatoms. The number of fused-ring (bicyclic) bond motifs is 1. The third-order valence-electron chi connectivity index (χ3n) is 3.60. The minimum Gasteiger partial charge on any atom is -0.384 e. The van der Waals surface area contributed by atoms with Gasteiger partial charge in [0.15, 0.2) is 0 Å². The molecular weight excluding hydrogens is 256 g/mol. The predicted octanol–water partition coefficient (Wildman–Crippen LogP) is 4.23. The molecule has 2 aromatic carbocycles. The standard InChI is InChI=1S/C16H17ClN2/c1-11-5-6-14(17)9-15(11)19-10-13-4-2-3-12-7-8-18-16(12)13/h2-6,9,18-19H,7-8,10H2,1H3. The Morgan fingerprint density at radius 3 is 3.05 bits per heavy atom. The summed E-state index contributed by atoms with van der Waals surface area (Å²) in [5, 5.41) is 7.71. The molecule has 3 rings (SSSR count). The molecule has 2 nitrogen and oxygen atoms in total. The van der Waals surface area contributed by atoms with Crippen molar-refractivity contribution in [2.24, 2.45) is 0 Å². The molecular formula is C16H17ClN2. The van der Waals surface area contributed by atoms with Crippen LogP contribution >= 0.6 is 11.6 Å². The van der Waals surface area contributed by atoms with Gasteiger partial charge in [0, 0.05) is 29.5 Å². The van der Waals surface area contributed by atoms with Gasteiger partial charge in [0.05, 0.1) is 0 Å². The van der Waals surface area contributed by atoms with E-state index in [-0.39, 0.29) is 0 Å². The second kappa shape index (κ2) is 5.14. The van der Waals surface area contributed by atoms with Crippen molar-refractivity contribution in [3.05, 3.63) is 58.1 Å². The number of aryl methyl sites for hydroxylation is 1. The average Bonchev–Trinajstić information content (AvgIpc) is 2.88. The maximum atomic E-state index is 6.04. The lowest BCUT2D eigenvalue weighted by molar-refractivity contribution is 1.11. The van der Waals surface area contributed by atoms with Crippen LogP contribution in [0.4, 0.5) is 11.4 Å². The molecule has 0 saturated carbocycles. The van der Waals surface area contributed by atoms with Crippen molar-refractivity contribution in [2.75, 3.05) is 17.2 Å². The SMILES string of the molecule is Cc1ccc(Cl)cc1NCc1cccc2c1NCC2. The Morgan fingerprint density at radius 1 is 1.26 bits per heavy atom. The topological polar surface area (TPSA) is 24.1 Å². The summed E-state index contributed by atoms with van der Waals surface area (Å²) in [5.41, 5.74) is 6.35. The second-order valence-electron chi connectivity index (χ2n) is 4.94. The molecule has 0 spiro atoms. The summed E-state index contributed by atoms with van der Waals surface area (Å²) < 4.78 is 0. The lowest BCUT2D eigenvalue weighted by Gasteiger charge is -2.13. The Bertz CT molecular complexity index is 608. The van der Waals surface area contributed by atoms with Gasteiger partial charge in [0.2, 0.25) is 0 Å². The van der Waals surface area contributed by atoms with Crippen LogP contribution in [0.3, 0.4) is 0 Å². The van der Waals surface area contributed by atoms with Crippen molar-refractivity contribution in [3.63, 3.8) is 0 Å². The lowest BCUT2D eigenvalue weighted by Crippen LogP contribution is -2.04. The van der Waals surface area contributed by atoms with Gasteiger partial charge >= 0.3 is 0 Å². The van der Waals surface area contributed by atoms with E-state index in [1.807, 2.05) is 18.2 Å². The monoisotopic (exact) mass is 272 g/mol. The van der Waals surface area contributed by atoms with Crippen molar-refractivity contribution >= 4 is 23.0 Å². The Balaban J connectivity index is 1.80. The molecule has 0 fully saturated rings. The van der Waals surface area contributed by atoms with Crippen molar-refractivity contribution in [1.29, 1.82) is 0 Å². The first kappa shape index (κ1) is 12.4. The van der Waals surface area contributed by atoms with E-state index in [0.29, 0.717) is 0 Å². The molecule has 1 aliphatic heterocycles. The smallest absolute Gasteiger partial charge is 0.0426 e. The molecule has 0 amide bonds. The van der Waals surface area contributed by atoms with Gasteiger partial charge in [0.1, 0.15) is 0 Å². The van der Waals surface area contributed by atoms with Gasteiger partial charge in [-0.25, -0.2) is 0 Å². The Morgan fingerprint density at radius 2 is 2.16 bits per heavy atom. The van der Waals surface area contributed by atoms with Crippen molar-refractivity contribution in [3.8, 4) is 0 Å². The van der Waals surface area contributed by atoms with Gasteiger partial charge in [-0.3, -0.25) is 0 Å². The largest absolute Gasteiger partial charge is 0.384 e. The molecule has 2 aromatic rings. The van der Waals surface area contributed by atoms with Crippen LogP contribution in [0.1, 0.15) is 16.7 Å². The first-order valence-corrected chi connectivity index (χ1v) is 6.96. The van der Waals surface area contributed by atoms with Gasteiger partial charge in [-0.1, -0.05) is 35.9 Å². The number of halogens is 1. The molecule has 0 aliphatic carbocycles. The fourth-order valence-corrected chi connectivity index (χ4v) is 2.71. The van der Waals surface area contributed by atoms with Crippen LogP contribution in [0.5, 0.6) is 0 Å². The number of anilines is 2. The molecule has 0 unspecified atom stereocenters. The Labute approximate surface area is 118 Å². The fourth-order valence-electron chi connectivity index (χ4n) is 2.53. The molecule has 0 atom stereocenters. The van der Waals surface area contributed by atoms with E-state index in [2.05, 4.69) is 35.8 Å². The van der Waals surface area contributed by atoms with Crippen LogP contribution in [-0.4, -0.2) is 6.54 Å². The summed E-state index contributed by atoms with van der Waals surface area (Å²) in [6.45, 7) is 3.95. The summed E-state index contributed by atoms with van der Waals surface area (Å²) in [7, 11) is 0. The highest BCUT2D eigenvalue weighted by Crippen LogP contribution is 2.28. The maximum absolute atomic E-state index is 6.04. The zero-order chi connectivity index (χ0) is 13.2. The average molecular weight is 273 g/mol. The number of rotatable bonds is 3. The lowest BCUT2D eigenvalue weighted by atomic mass is 10.1. The maximum Gasteiger partial charge on any atom is 0.0426 e. The highest BCUT2D eigenvalue weighted by atomic mass is 35.5. The highest BCUT2D eigenvalue weighted by Gasteiger charge is 2.13. The molecule has 0 radical (unpaired) electrons. The summed E-state index contributed by atoms with van der Waals surface area (Å²) in [6.07, 6.45) is 1.12. The number of hydrogen-bond acceptors (Lipinski definition) is 2. The Hall–Kier alpha value is -1.67. The van der Waals surface area contributed by atoms with Gasteiger partial charge in [-0.15, -0.1) is 0 Å². The first-order valence-electron chi connectivity index (χ1n) is 6.59. The number of nitrogens with one attached hydrogen (secondary N) is 2. The zero-order valence-electron chi connectivity index (χ0n) is 11.0. The summed E-state index contributed by atoms with van der Waals surface area (Å²) in [6, 6.07) is 12.4. The van der Waals surface area contributed by atoms with Gasteiger partial charge in [-0.05, 0) is 42.2 Å². The third-order valence-corrected chi connectivity index (χ3v) is 3.84. The van der Waals surface area contributed by atoms with E-state index in [9.17, 15) is 0 Å². The van der Waals surface area contributed by atoms with Crippen LogP contribution < -0.4 is 10.6 Å². The van der Waals surface area contributed by atoms with E-state index >= 15 is 0 Å². The molecule has 0 bridgehead atoms. The van der Waals surface area contributed by atoms with Crippen LogP contribution in [0, 0.1) is 6.92 Å². The molecule has 19 heavy (non-hydrogen) atoms. The third kappa shape index (κ3) is 2.54. The van der Waals surface area contributed by atoms with Crippen molar-refractivity contribution < 1.29 is 0 Å². The van der Waals surface area contributed by atoms with Crippen LogP contribution in [0.15, 0.2) is 36.4 Å². The van der Waals surface area contributed by atoms with Gasteiger partial charge < -0.3 is 10.6 Å². The fraction of sp³-hybridized carbons (Fsp3) is 0.250. The summed E-state index contributed by atoms with van der Waals surface area (Å²) >= 11 is 6.04. The van der Waals surface area contributed by atoms with E-state index in [4.69, 9.17) is 11.6 Å². The first-order chi connectivity index (χ1) is 9.24. The van der Waals surface area contributed by atoms with Gasteiger partial charge in [0.25, 0.3) is 0 Å². The molecule has 0 aromatic heterocycles. The van der Waals surface area contributed by atoms with E-state index in [0.717, 1.165) is 30.2 Å². The van der Waals surface area contributed by atoms with Crippen LogP contribution in [0.2, 0.25) is 5.02 Å². The van der Waals surface area contributed by atoms with E-state index in [1.54, 1.807) is 0 Å². The van der Waals surface area contributed by atoms with Crippen LogP contribution in [0.25, 0.3) is 0 Å². The molecule has 1 heterocycles. The Kier molecular flexibility index (Phi) is 3.34.